The number of aliphatic hydroxyl groups is 1. The summed E-state index contributed by atoms with van der Waals surface area (Å²) in [5, 5.41) is 14.9. The molecule has 1 heterocycles. The molecule has 0 radical (unpaired) electrons. The van der Waals surface area contributed by atoms with Crippen LogP contribution in [0.5, 0.6) is 0 Å². The number of hydrogen-bond donors (Lipinski definition) is 2. The quantitative estimate of drug-likeness (QED) is 0.794. The molecule has 18 heavy (non-hydrogen) atoms. The van der Waals surface area contributed by atoms with Crippen molar-refractivity contribution in [3.63, 3.8) is 0 Å². The predicted molar refractivity (Wildman–Crippen MR) is 74.5 cm³/mol. The Hall–Kier alpha value is -1.45. The van der Waals surface area contributed by atoms with Gasteiger partial charge in [0.25, 0.3) is 0 Å². The number of aromatic nitrogens is 1. The van der Waals surface area contributed by atoms with Gasteiger partial charge in [0, 0.05) is 23.7 Å². The van der Waals surface area contributed by atoms with Crippen molar-refractivity contribution in [1.29, 1.82) is 0 Å². The van der Waals surface area contributed by atoms with Gasteiger partial charge in [0.15, 0.2) is 0 Å². The van der Waals surface area contributed by atoms with E-state index in [1.807, 2.05) is 37.3 Å². The molecule has 2 rings (SSSR count). The van der Waals surface area contributed by atoms with Crippen LogP contribution in [0.2, 0.25) is 0 Å². The van der Waals surface area contributed by atoms with Gasteiger partial charge in [0.2, 0.25) is 0 Å². The Bertz CT molecular complexity index is 517. The number of nitrogens with zero attached hydrogens (tertiary/aromatic N) is 1. The topological polar surface area (TPSA) is 45.1 Å². The van der Waals surface area contributed by atoms with Gasteiger partial charge in [-0.25, -0.2) is 0 Å². The highest BCUT2D eigenvalue weighted by Gasteiger charge is 2.25. The molecular weight excluding hydrogens is 224 g/mol. The molecule has 3 nitrogen and oxygen atoms in total. The molecule has 96 valence electrons. The largest absolute Gasteiger partial charge is 0.384 e. The van der Waals surface area contributed by atoms with Gasteiger partial charge < -0.3 is 10.4 Å². The van der Waals surface area contributed by atoms with E-state index < -0.39 is 5.60 Å². The van der Waals surface area contributed by atoms with E-state index in [2.05, 4.69) is 17.2 Å². The summed E-state index contributed by atoms with van der Waals surface area (Å²) in [6.07, 6.45) is 2.82. The van der Waals surface area contributed by atoms with Gasteiger partial charge in [-0.1, -0.05) is 31.2 Å². The molecule has 0 bridgehead atoms. The monoisotopic (exact) mass is 244 g/mol. The van der Waals surface area contributed by atoms with E-state index in [-0.39, 0.29) is 0 Å². The molecule has 1 atom stereocenters. The first kappa shape index (κ1) is 13.0. The van der Waals surface area contributed by atoms with E-state index in [9.17, 15) is 5.11 Å². The number of rotatable bonds is 5. The Labute approximate surface area is 108 Å². The van der Waals surface area contributed by atoms with Crippen LogP contribution < -0.4 is 5.32 Å². The second-order valence-electron chi connectivity index (χ2n) is 4.83. The number of benzene rings is 1. The summed E-state index contributed by atoms with van der Waals surface area (Å²) < 4.78 is 0. The van der Waals surface area contributed by atoms with Crippen molar-refractivity contribution in [2.75, 3.05) is 13.1 Å². The summed E-state index contributed by atoms with van der Waals surface area (Å²) in [6.45, 7) is 5.39. The highest BCUT2D eigenvalue weighted by atomic mass is 16.3. The van der Waals surface area contributed by atoms with Gasteiger partial charge in [-0.15, -0.1) is 0 Å². The lowest BCUT2D eigenvalue weighted by atomic mass is 9.93. The molecule has 2 N–H and O–H groups in total. The van der Waals surface area contributed by atoms with Crippen LogP contribution in [0.1, 0.15) is 25.8 Å². The van der Waals surface area contributed by atoms with E-state index in [0.717, 1.165) is 29.4 Å². The summed E-state index contributed by atoms with van der Waals surface area (Å²) in [6, 6.07) is 9.86. The Morgan fingerprint density at radius 2 is 2.06 bits per heavy atom. The minimum absolute atomic E-state index is 0.538. The maximum Gasteiger partial charge on any atom is 0.101 e. The van der Waals surface area contributed by atoms with Crippen molar-refractivity contribution in [3.05, 3.63) is 42.1 Å². The van der Waals surface area contributed by atoms with Gasteiger partial charge in [-0.3, -0.25) is 4.98 Å². The van der Waals surface area contributed by atoms with Gasteiger partial charge in [0.1, 0.15) is 5.60 Å². The molecule has 1 aromatic heterocycles. The van der Waals surface area contributed by atoms with Crippen LogP contribution in [0.25, 0.3) is 10.9 Å². The summed E-state index contributed by atoms with van der Waals surface area (Å²) in [7, 11) is 0. The molecule has 0 amide bonds. The van der Waals surface area contributed by atoms with E-state index in [1.54, 1.807) is 6.20 Å². The smallest absolute Gasteiger partial charge is 0.101 e. The van der Waals surface area contributed by atoms with E-state index in [4.69, 9.17) is 0 Å². The minimum Gasteiger partial charge on any atom is -0.384 e. The maximum atomic E-state index is 10.6. The number of para-hydroxylation sites is 1. The van der Waals surface area contributed by atoms with E-state index in [0.29, 0.717) is 6.54 Å². The van der Waals surface area contributed by atoms with E-state index in [1.165, 1.54) is 0 Å². The molecule has 0 aliphatic rings. The number of fused-ring (bicyclic) bond motifs is 1. The highest BCUT2D eigenvalue weighted by Crippen LogP contribution is 2.26. The first-order valence-electron chi connectivity index (χ1n) is 6.42. The van der Waals surface area contributed by atoms with Crippen molar-refractivity contribution in [2.45, 2.75) is 25.9 Å². The average molecular weight is 244 g/mol. The molecule has 0 fully saturated rings. The number of nitrogens with one attached hydrogen (secondary N) is 1. The third-order valence-corrected chi connectivity index (χ3v) is 3.11. The molecule has 0 aliphatic heterocycles. The lowest BCUT2D eigenvalue weighted by molar-refractivity contribution is 0.0586. The van der Waals surface area contributed by atoms with Gasteiger partial charge >= 0.3 is 0 Å². The molecule has 0 spiro atoms. The van der Waals surface area contributed by atoms with Gasteiger partial charge in [-0.2, -0.15) is 0 Å². The van der Waals surface area contributed by atoms with Crippen molar-refractivity contribution in [2.24, 2.45) is 0 Å². The van der Waals surface area contributed by atoms with E-state index >= 15 is 0 Å². The fourth-order valence-electron chi connectivity index (χ4n) is 2.14. The summed E-state index contributed by atoms with van der Waals surface area (Å²) in [5.41, 5.74) is 0.857. The molecule has 1 unspecified atom stereocenters. The zero-order valence-corrected chi connectivity index (χ0v) is 11.0. The average Bonchev–Trinajstić information content (AvgIpc) is 2.38. The Morgan fingerprint density at radius 1 is 1.28 bits per heavy atom. The lowest BCUT2D eigenvalue weighted by Gasteiger charge is -2.25. The highest BCUT2D eigenvalue weighted by molar-refractivity contribution is 5.82. The zero-order valence-electron chi connectivity index (χ0n) is 11.0. The van der Waals surface area contributed by atoms with Crippen LogP contribution in [0, 0.1) is 0 Å². The SMILES string of the molecule is CCCNCC(C)(O)c1cccc2cccnc12. The lowest BCUT2D eigenvalue weighted by Crippen LogP contribution is -2.36. The van der Waals surface area contributed by atoms with Crippen LogP contribution in [0.4, 0.5) is 0 Å². The Kier molecular flexibility index (Phi) is 3.94. The first-order valence-corrected chi connectivity index (χ1v) is 6.42. The zero-order chi connectivity index (χ0) is 13.0. The second kappa shape index (κ2) is 5.46. The predicted octanol–water partition coefficient (Wildman–Crippen LogP) is 2.44. The normalized spacial score (nSPS) is 14.6. The molecule has 1 aromatic carbocycles. The molecule has 0 saturated carbocycles. The number of pyridine rings is 1. The molecule has 0 saturated heterocycles. The Morgan fingerprint density at radius 3 is 2.83 bits per heavy atom. The minimum atomic E-state index is -0.900. The fourth-order valence-corrected chi connectivity index (χ4v) is 2.14. The standard InChI is InChI=1S/C15H20N2O/c1-3-9-16-11-15(2,18)13-8-4-6-12-7-5-10-17-14(12)13/h4-8,10,16,18H,3,9,11H2,1-2H3. The first-order chi connectivity index (χ1) is 8.65. The third kappa shape index (κ3) is 2.68. The van der Waals surface area contributed by atoms with Crippen LogP contribution in [-0.4, -0.2) is 23.2 Å². The van der Waals surface area contributed by atoms with Crippen molar-refractivity contribution >= 4 is 10.9 Å². The fraction of sp³-hybridized carbons (Fsp3) is 0.400. The molecular formula is C15H20N2O. The van der Waals surface area contributed by atoms with Crippen LogP contribution in [-0.2, 0) is 5.60 Å². The van der Waals surface area contributed by atoms with Crippen LogP contribution >= 0.6 is 0 Å². The molecule has 2 aromatic rings. The van der Waals surface area contributed by atoms with Crippen molar-refractivity contribution in [3.8, 4) is 0 Å². The Balaban J connectivity index is 2.34. The second-order valence-corrected chi connectivity index (χ2v) is 4.83. The third-order valence-electron chi connectivity index (χ3n) is 3.11. The van der Waals surface area contributed by atoms with Crippen molar-refractivity contribution < 1.29 is 5.11 Å². The summed E-state index contributed by atoms with van der Waals surface area (Å²) in [4.78, 5) is 4.39. The van der Waals surface area contributed by atoms with Gasteiger partial charge in [0.05, 0.1) is 5.52 Å². The number of hydrogen-bond acceptors (Lipinski definition) is 3. The van der Waals surface area contributed by atoms with Gasteiger partial charge in [-0.05, 0) is 26.0 Å². The molecule has 0 aliphatic carbocycles. The van der Waals surface area contributed by atoms with Crippen molar-refractivity contribution in [1.82, 2.24) is 10.3 Å². The summed E-state index contributed by atoms with van der Waals surface area (Å²) in [5.74, 6) is 0. The molecule has 3 heteroatoms. The maximum absolute atomic E-state index is 10.6. The summed E-state index contributed by atoms with van der Waals surface area (Å²) >= 11 is 0. The van der Waals surface area contributed by atoms with Crippen LogP contribution in [0.15, 0.2) is 36.5 Å². The van der Waals surface area contributed by atoms with Crippen LogP contribution in [0.3, 0.4) is 0 Å².